The lowest BCUT2D eigenvalue weighted by Gasteiger charge is -2.13. The van der Waals surface area contributed by atoms with E-state index in [1.54, 1.807) is 6.07 Å². The minimum Gasteiger partial charge on any atom is -0.500 e. The number of nitro benzene ring substituents is 1. The first kappa shape index (κ1) is 18.5. The Morgan fingerprint density at radius 2 is 2.10 bits per heavy atom. The molecule has 0 aliphatic heterocycles. The van der Waals surface area contributed by atoms with Crippen molar-refractivity contribution in [3.8, 4) is 11.5 Å². The molecule has 114 valence electrons. The molecule has 1 atom stereocenters. The third-order valence-electron chi connectivity index (χ3n) is 3.04. The molecule has 0 aliphatic rings. The number of methoxy groups -OCH3 is 1. The molecule has 6 nitrogen and oxygen atoms in total. The van der Waals surface area contributed by atoms with Crippen LogP contribution in [-0.4, -0.2) is 17.1 Å². The topological polar surface area (TPSA) is 98.6 Å². The van der Waals surface area contributed by atoms with E-state index in [0.29, 0.717) is 5.56 Å². The molecule has 0 fully saturated rings. The molecule has 7 heteroatoms. The normalized spacial score (nSPS) is 11.6. The first-order chi connectivity index (χ1) is 9.01. The number of phenols is 1. The van der Waals surface area contributed by atoms with E-state index in [4.69, 9.17) is 10.5 Å². The van der Waals surface area contributed by atoms with Crippen molar-refractivity contribution in [1.82, 2.24) is 0 Å². The Labute approximate surface area is 124 Å². The van der Waals surface area contributed by atoms with Crippen LogP contribution < -0.4 is 10.5 Å². The minimum absolute atomic E-state index is 0. The summed E-state index contributed by atoms with van der Waals surface area (Å²) in [5.74, 6) is -0.382. The molecule has 3 N–H and O–H groups in total. The molecule has 1 aromatic carbocycles. The second-order valence-electron chi connectivity index (χ2n) is 4.45. The van der Waals surface area contributed by atoms with Crippen molar-refractivity contribution in [2.45, 2.75) is 38.6 Å². The lowest BCUT2D eigenvalue weighted by atomic mass is 10.00. The quantitative estimate of drug-likeness (QED) is 0.457. The molecule has 0 saturated heterocycles. The zero-order chi connectivity index (χ0) is 14.4. The Hall–Kier alpha value is -1.53. The highest BCUT2D eigenvalue weighted by atomic mass is 35.5. The largest absolute Gasteiger partial charge is 0.500 e. The maximum absolute atomic E-state index is 10.9. The number of halogens is 1. The number of benzene rings is 1. The molecule has 0 spiro atoms. The number of hydrogen-bond acceptors (Lipinski definition) is 5. The van der Waals surface area contributed by atoms with Crippen LogP contribution in [0.4, 0.5) is 5.69 Å². The Kier molecular flexibility index (Phi) is 7.94. The molecule has 0 radical (unpaired) electrons. The number of hydrogen-bond donors (Lipinski definition) is 2. The van der Waals surface area contributed by atoms with Crippen molar-refractivity contribution in [2.75, 3.05) is 7.11 Å². The molecule has 0 aromatic heterocycles. The molecule has 0 bridgehead atoms. The van der Waals surface area contributed by atoms with E-state index in [2.05, 4.69) is 6.92 Å². The third kappa shape index (κ3) is 4.54. The number of unbranched alkanes of at least 4 members (excludes halogenated alkanes) is 2. The second kappa shape index (κ2) is 8.60. The van der Waals surface area contributed by atoms with Crippen molar-refractivity contribution in [1.29, 1.82) is 0 Å². The van der Waals surface area contributed by atoms with E-state index >= 15 is 0 Å². The average molecular weight is 305 g/mol. The number of ether oxygens (including phenoxy) is 1. The van der Waals surface area contributed by atoms with E-state index in [1.807, 2.05) is 0 Å². The molecule has 0 unspecified atom stereocenters. The van der Waals surface area contributed by atoms with Crippen LogP contribution in [0.5, 0.6) is 11.5 Å². The van der Waals surface area contributed by atoms with Crippen LogP contribution in [0.3, 0.4) is 0 Å². The lowest BCUT2D eigenvalue weighted by molar-refractivity contribution is -0.386. The van der Waals surface area contributed by atoms with Crippen molar-refractivity contribution in [2.24, 2.45) is 5.73 Å². The predicted octanol–water partition coefficient (Wildman–Crippen LogP) is 3.31. The van der Waals surface area contributed by atoms with E-state index in [1.165, 1.54) is 13.2 Å². The van der Waals surface area contributed by atoms with Crippen LogP contribution in [0.15, 0.2) is 12.1 Å². The third-order valence-corrected chi connectivity index (χ3v) is 3.04. The molecule has 0 amide bonds. The molecular weight excluding hydrogens is 284 g/mol. The van der Waals surface area contributed by atoms with E-state index in [-0.39, 0.29) is 29.9 Å². The minimum atomic E-state index is -0.639. The van der Waals surface area contributed by atoms with Gasteiger partial charge in [-0.3, -0.25) is 10.1 Å². The van der Waals surface area contributed by atoms with Gasteiger partial charge in [-0.25, -0.2) is 0 Å². The van der Waals surface area contributed by atoms with Crippen LogP contribution in [-0.2, 0) is 0 Å². The lowest BCUT2D eigenvalue weighted by Crippen LogP contribution is -2.11. The SMILES string of the molecule is CCCCC[C@H](N)c1cc(OC)c(O)c([N+](=O)[O-])c1.Cl. The van der Waals surface area contributed by atoms with Gasteiger partial charge in [-0.05, 0) is 18.1 Å². The van der Waals surface area contributed by atoms with Gasteiger partial charge >= 0.3 is 5.69 Å². The number of nitrogens with two attached hydrogens (primary N) is 1. The molecule has 1 aromatic rings. The van der Waals surface area contributed by atoms with Gasteiger partial charge in [0, 0.05) is 12.1 Å². The number of phenolic OH excluding ortho intramolecular Hbond substituents is 1. The highest BCUT2D eigenvalue weighted by Gasteiger charge is 2.21. The Morgan fingerprint density at radius 1 is 1.45 bits per heavy atom. The highest BCUT2D eigenvalue weighted by Crippen LogP contribution is 2.38. The van der Waals surface area contributed by atoms with Crippen molar-refractivity contribution in [3.05, 3.63) is 27.8 Å². The summed E-state index contributed by atoms with van der Waals surface area (Å²) in [5.41, 5.74) is 6.25. The second-order valence-corrected chi connectivity index (χ2v) is 4.45. The fourth-order valence-electron chi connectivity index (χ4n) is 1.90. The number of nitro groups is 1. The number of aromatic hydroxyl groups is 1. The van der Waals surface area contributed by atoms with Gasteiger partial charge < -0.3 is 15.6 Å². The van der Waals surface area contributed by atoms with E-state index < -0.39 is 10.7 Å². The standard InChI is InChI=1S/C13H20N2O4.ClH/c1-3-4-5-6-10(14)9-7-11(15(17)18)13(16)12(8-9)19-2;/h7-8,10,16H,3-6,14H2,1-2H3;1H/t10-;/m0./s1. The summed E-state index contributed by atoms with van der Waals surface area (Å²) >= 11 is 0. The van der Waals surface area contributed by atoms with Crippen LogP contribution >= 0.6 is 12.4 Å². The van der Waals surface area contributed by atoms with Crippen molar-refractivity contribution in [3.63, 3.8) is 0 Å². The first-order valence-electron chi connectivity index (χ1n) is 6.32. The van der Waals surface area contributed by atoms with Crippen molar-refractivity contribution >= 4 is 18.1 Å². The monoisotopic (exact) mass is 304 g/mol. The smallest absolute Gasteiger partial charge is 0.314 e. The summed E-state index contributed by atoms with van der Waals surface area (Å²) in [5, 5.41) is 20.5. The van der Waals surface area contributed by atoms with Gasteiger partial charge in [-0.15, -0.1) is 12.4 Å². The summed E-state index contributed by atoms with van der Waals surface area (Å²) in [6.07, 6.45) is 3.88. The highest BCUT2D eigenvalue weighted by molar-refractivity contribution is 5.85. The van der Waals surface area contributed by atoms with Gasteiger partial charge in [-0.2, -0.15) is 0 Å². The summed E-state index contributed by atoms with van der Waals surface area (Å²) < 4.78 is 4.94. The summed E-state index contributed by atoms with van der Waals surface area (Å²) in [6.45, 7) is 2.10. The molecular formula is C13H21ClN2O4. The fourth-order valence-corrected chi connectivity index (χ4v) is 1.90. The van der Waals surface area contributed by atoms with E-state index in [9.17, 15) is 15.2 Å². The van der Waals surface area contributed by atoms with Crippen molar-refractivity contribution < 1.29 is 14.8 Å². The molecule has 20 heavy (non-hydrogen) atoms. The van der Waals surface area contributed by atoms with Crippen LogP contribution in [0.1, 0.15) is 44.2 Å². The molecule has 0 aliphatic carbocycles. The van der Waals surface area contributed by atoms with Crippen LogP contribution in [0.2, 0.25) is 0 Å². The fraction of sp³-hybridized carbons (Fsp3) is 0.538. The maximum atomic E-state index is 10.9. The first-order valence-corrected chi connectivity index (χ1v) is 6.32. The van der Waals surface area contributed by atoms with Gasteiger partial charge in [0.1, 0.15) is 0 Å². The molecule has 0 saturated carbocycles. The van der Waals surface area contributed by atoms with E-state index in [0.717, 1.165) is 25.7 Å². The maximum Gasteiger partial charge on any atom is 0.314 e. The van der Waals surface area contributed by atoms with Gasteiger partial charge in [0.25, 0.3) is 0 Å². The average Bonchev–Trinajstić information content (AvgIpc) is 2.38. The summed E-state index contributed by atoms with van der Waals surface area (Å²) in [6, 6.07) is 2.58. The summed E-state index contributed by atoms with van der Waals surface area (Å²) in [7, 11) is 1.35. The molecule has 1 rings (SSSR count). The van der Waals surface area contributed by atoms with Crippen LogP contribution in [0.25, 0.3) is 0 Å². The Bertz CT molecular complexity index is 454. The van der Waals surface area contributed by atoms with Gasteiger partial charge in [0.15, 0.2) is 5.75 Å². The Morgan fingerprint density at radius 3 is 2.60 bits per heavy atom. The number of nitrogens with zero attached hydrogens (tertiary/aromatic N) is 1. The molecule has 0 heterocycles. The van der Waals surface area contributed by atoms with Crippen LogP contribution in [0, 0.1) is 10.1 Å². The summed E-state index contributed by atoms with van der Waals surface area (Å²) in [4.78, 5) is 10.2. The number of rotatable bonds is 7. The zero-order valence-electron chi connectivity index (χ0n) is 11.7. The van der Waals surface area contributed by atoms with Gasteiger partial charge in [-0.1, -0.05) is 26.2 Å². The predicted molar refractivity (Wildman–Crippen MR) is 79.6 cm³/mol. The zero-order valence-corrected chi connectivity index (χ0v) is 12.5. The van der Waals surface area contributed by atoms with Gasteiger partial charge in [0.05, 0.1) is 12.0 Å². The Balaban J connectivity index is 0.00000361. The van der Waals surface area contributed by atoms with Gasteiger partial charge in [0.2, 0.25) is 5.75 Å².